The van der Waals surface area contributed by atoms with Gasteiger partial charge in [0.05, 0.1) is 28.1 Å². The van der Waals surface area contributed by atoms with Crippen LogP contribution in [0, 0.1) is 6.92 Å². The van der Waals surface area contributed by atoms with Crippen LogP contribution < -0.4 is 16.2 Å². The zero-order valence-corrected chi connectivity index (χ0v) is 22.6. The lowest BCUT2D eigenvalue weighted by Gasteiger charge is -2.11. The number of hydrogen-bond donors (Lipinski definition) is 3. The van der Waals surface area contributed by atoms with Crippen LogP contribution in [-0.4, -0.2) is 42.4 Å². The second-order valence-electron chi connectivity index (χ2n) is 9.16. The van der Waals surface area contributed by atoms with Crippen LogP contribution in [0.2, 0.25) is 0 Å². The fourth-order valence-corrected chi connectivity index (χ4v) is 4.97. The molecular formula is C29H28N6O3S. The topological polar surface area (TPSA) is 114 Å². The number of carbonyl (C=O) groups excluding carboxylic acids is 2. The smallest absolute Gasteiger partial charge is 0.295 e. The van der Waals surface area contributed by atoms with Crippen molar-refractivity contribution in [2.45, 2.75) is 19.1 Å². The molecule has 198 valence electrons. The van der Waals surface area contributed by atoms with Crippen LogP contribution in [0.4, 0.5) is 11.5 Å². The van der Waals surface area contributed by atoms with E-state index in [9.17, 15) is 14.4 Å². The highest BCUT2D eigenvalue weighted by Gasteiger charge is 2.22. The lowest BCUT2D eigenvalue weighted by Crippen LogP contribution is -2.28. The normalized spacial score (nSPS) is 11.9. The van der Waals surface area contributed by atoms with Gasteiger partial charge in [-0.05, 0) is 42.8 Å². The van der Waals surface area contributed by atoms with Gasteiger partial charge in [-0.3, -0.25) is 24.2 Å². The summed E-state index contributed by atoms with van der Waals surface area (Å²) in [4.78, 5) is 38.5. The highest BCUT2D eigenvalue weighted by Crippen LogP contribution is 2.25. The van der Waals surface area contributed by atoms with Gasteiger partial charge < -0.3 is 10.6 Å². The summed E-state index contributed by atoms with van der Waals surface area (Å²) in [5, 5.41) is 14.4. The Morgan fingerprint density at radius 1 is 0.974 bits per heavy atom. The van der Waals surface area contributed by atoms with Gasteiger partial charge in [-0.15, -0.1) is 11.8 Å². The highest BCUT2D eigenvalue weighted by atomic mass is 32.2. The van der Waals surface area contributed by atoms with Crippen LogP contribution in [0.3, 0.4) is 0 Å². The van der Waals surface area contributed by atoms with Crippen molar-refractivity contribution in [3.8, 4) is 16.9 Å². The van der Waals surface area contributed by atoms with Crippen molar-refractivity contribution >= 4 is 45.9 Å². The van der Waals surface area contributed by atoms with Gasteiger partial charge in [-0.2, -0.15) is 5.10 Å². The van der Waals surface area contributed by atoms with Crippen molar-refractivity contribution in [1.82, 2.24) is 19.6 Å². The molecule has 0 spiro atoms. The molecule has 3 N–H and O–H groups in total. The van der Waals surface area contributed by atoms with E-state index in [-0.39, 0.29) is 28.8 Å². The summed E-state index contributed by atoms with van der Waals surface area (Å²) in [5.74, 6) is -0.174. The standard InChI is InChI=1S/C29H28N6O3S/c1-18-27(29(38)35(34(18)3)23-11-5-4-6-12-23)31-28(37)19(2)39-17-26(36)30-25-16-24(32-33-25)22-14-13-20-9-7-8-10-21(20)15-22/h4-16,19H,17H2,1-3H3,(H,31,37)(H2,30,32,33,36). The highest BCUT2D eigenvalue weighted by molar-refractivity contribution is 8.01. The number of nitrogens with zero attached hydrogens (tertiary/aromatic N) is 3. The third-order valence-corrected chi connectivity index (χ3v) is 7.68. The molecule has 39 heavy (non-hydrogen) atoms. The van der Waals surface area contributed by atoms with Crippen LogP contribution in [0.1, 0.15) is 12.6 Å². The van der Waals surface area contributed by atoms with Crippen LogP contribution >= 0.6 is 11.8 Å². The van der Waals surface area contributed by atoms with Crippen LogP contribution in [0.25, 0.3) is 27.7 Å². The number of benzene rings is 3. The summed E-state index contributed by atoms with van der Waals surface area (Å²) in [6, 6.07) is 25.2. The van der Waals surface area contributed by atoms with Crippen molar-refractivity contribution in [2.75, 3.05) is 16.4 Å². The number of aromatic amines is 1. The van der Waals surface area contributed by atoms with E-state index in [4.69, 9.17) is 0 Å². The predicted molar refractivity (Wildman–Crippen MR) is 156 cm³/mol. The van der Waals surface area contributed by atoms with Crippen molar-refractivity contribution in [3.63, 3.8) is 0 Å². The van der Waals surface area contributed by atoms with Gasteiger partial charge in [-0.1, -0.05) is 54.6 Å². The Balaban J connectivity index is 1.18. The summed E-state index contributed by atoms with van der Waals surface area (Å²) >= 11 is 1.18. The predicted octanol–water partition coefficient (Wildman–Crippen LogP) is 4.73. The molecule has 1 atom stereocenters. The number of H-pyrrole nitrogens is 1. The van der Waals surface area contributed by atoms with Crippen LogP contribution in [0.15, 0.2) is 83.7 Å². The first-order chi connectivity index (χ1) is 18.8. The minimum absolute atomic E-state index is 0.0504. The second-order valence-corrected chi connectivity index (χ2v) is 10.5. The first-order valence-corrected chi connectivity index (χ1v) is 13.5. The number of amides is 2. The molecule has 0 aliphatic carbocycles. The number of nitrogens with one attached hydrogen (secondary N) is 3. The molecule has 0 radical (unpaired) electrons. The van der Waals surface area contributed by atoms with Crippen molar-refractivity contribution < 1.29 is 9.59 Å². The molecule has 0 bridgehead atoms. The van der Waals surface area contributed by atoms with Gasteiger partial charge in [-0.25, -0.2) is 4.68 Å². The van der Waals surface area contributed by atoms with Gasteiger partial charge in [0, 0.05) is 18.7 Å². The maximum atomic E-state index is 13.1. The van der Waals surface area contributed by atoms with E-state index in [1.54, 1.807) is 31.6 Å². The Hall–Kier alpha value is -4.57. The van der Waals surface area contributed by atoms with E-state index in [1.165, 1.54) is 16.4 Å². The number of anilines is 2. The molecule has 9 nitrogen and oxygen atoms in total. The molecule has 0 saturated heterocycles. The van der Waals surface area contributed by atoms with Crippen molar-refractivity contribution in [1.29, 1.82) is 0 Å². The Labute approximate surface area is 229 Å². The van der Waals surface area contributed by atoms with Crippen molar-refractivity contribution in [2.24, 2.45) is 7.05 Å². The first kappa shape index (κ1) is 26.1. The van der Waals surface area contributed by atoms with Gasteiger partial charge in [0.2, 0.25) is 11.8 Å². The number of aromatic nitrogens is 4. The van der Waals surface area contributed by atoms with Gasteiger partial charge >= 0.3 is 0 Å². The molecule has 3 aromatic carbocycles. The second kappa shape index (κ2) is 11.0. The largest absolute Gasteiger partial charge is 0.319 e. The number of rotatable bonds is 8. The maximum Gasteiger partial charge on any atom is 0.295 e. The van der Waals surface area contributed by atoms with E-state index in [0.717, 1.165) is 22.0 Å². The molecule has 0 fully saturated rings. The molecule has 1 unspecified atom stereocenters. The van der Waals surface area contributed by atoms with Gasteiger partial charge in [0.25, 0.3) is 5.56 Å². The van der Waals surface area contributed by atoms with E-state index in [1.807, 2.05) is 60.7 Å². The Morgan fingerprint density at radius 3 is 2.46 bits per heavy atom. The van der Waals surface area contributed by atoms with Gasteiger partial charge in [0.1, 0.15) is 5.69 Å². The Kier molecular flexibility index (Phi) is 7.38. The average Bonchev–Trinajstić information content (AvgIpc) is 3.50. The zero-order valence-electron chi connectivity index (χ0n) is 21.8. The number of para-hydroxylation sites is 1. The summed E-state index contributed by atoms with van der Waals surface area (Å²) in [5.41, 5.74) is 2.99. The molecule has 2 amide bonds. The number of thioether (sulfide) groups is 1. The van der Waals surface area contributed by atoms with E-state index in [0.29, 0.717) is 17.2 Å². The third kappa shape index (κ3) is 5.51. The number of hydrogen-bond acceptors (Lipinski definition) is 5. The maximum absolute atomic E-state index is 13.1. The quantitative estimate of drug-likeness (QED) is 0.263. The molecule has 5 aromatic rings. The monoisotopic (exact) mass is 540 g/mol. The molecule has 2 aromatic heterocycles. The molecule has 0 saturated carbocycles. The summed E-state index contributed by atoms with van der Waals surface area (Å²) in [6.07, 6.45) is 0. The minimum Gasteiger partial charge on any atom is -0.319 e. The minimum atomic E-state index is -0.563. The molecule has 0 aliphatic heterocycles. The molecule has 5 rings (SSSR count). The number of carbonyl (C=O) groups is 2. The SMILES string of the molecule is Cc1c(NC(=O)C(C)SCC(=O)Nc2cc(-c3ccc4ccccc4c3)[nH]n2)c(=O)n(-c2ccccc2)n1C. The fourth-order valence-electron chi connectivity index (χ4n) is 4.28. The summed E-state index contributed by atoms with van der Waals surface area (Å²) < 4.78 is 3.21. The van der Waals surface area contributed by atoms with Crippen LogP contribution in [-0.2, 0) is 16.6 Å². The van der Waals surface area contributed by atoms with Gasteiger partial charge in [0.15, 0.2) is 5.82 Å². The Morgan fingerprint density at radius 2 is 1.69 bits per heavy atom. The molecule has 0 aliphatic rings. The van der Waals surface area contributed by atoms with Crippen molar-refractivity contribution in [3.05, 3.63) is 94.9 Å². The number of fused-ring (bicyclic) bond motifs is 1. The molecule has 10 heteroatoms. The lowest BCUT2D eigenvalue weighted by molar-refractivity contribution is -0.115. The summed E-state index contributed by atoms with van der Waals surface area (Å²) in [6.45, 7) is 3.48. The van der Waals surface area contributed by atoms with E-state index >= 15 is 0 Å². The lowest BCUT2D eigenvalue weighted by atomic mass is 10.1. The Bertz CT molecular complexity index is 1720. The molecular weight excluding hydrogens is 512 g/mol. The zero-order chi connectivity index (χ0) is 27.5. The molecule has 2 heterocycles. The van der Waals surface area contributed by atoms with E-state index < -0.39 is 5.25 Å². The third-order valence-electron chi connectivity index (χ3n) is 6.54. The van der Waals surface area contributed by atoms with E-state index in [2.05, 4.69) is 33.0 Å². The summed E-state index contributed by atoms with van der Waals surface area (Å²) in [7, 11) is 1.77. The fraction of sp³-hybridized carbons (Fsp3) is 0.172. The average molecular weight is 541 g/mol. The van der Waals surface area contributed by atoms with Crippen LogP contribution in [0.5, 0.6) is 0 Å². The first-order valence-electron chi connectivity index (χ1n) is 12.4.